The topological polar surface area (TPSA) is 37.3 Å². The van der Waals surface area contributed by atoms with E-state index in [0.717, 1.165) is 25.7 Å². The van der Waals surface area contributed by atoms with Crippen molar-refractivity contribution >= 4 is 5.97 Å². The second-order valence-electron chi connectivity index (χ2n) is 5.38. The highest BCUT2D eigenvalue weighted by molar-refractivity contribution is 5.71. The van der Waals surface area contributed by atoms with E-state index < -0.39 is 5.97 Å². The highest BCUT2D eigenvalue weighted by Gasteiger charge is 2.36. The van der Waals surface area contributed by atoms with Crippen molar-refractivity contribution in [3.63, 3.8) is 0 Å². The van der Waals surface area contributed by atoms with Crippen molar-refractivity contribution < 1.29 is 9.90 Å². The Bertz CT molecular complexity index is 191. The zero-order valence-corrected chi connectivity index (χ0v) is 8.84. The van der Waals surface area contributed by atoms with Gasteiger partial charge in [-0.1, -0.05) is 20.8 Å². The SMILES string of the molecule is CC(C)(C)CCC1CCC1C(=O)O. The van der Waals surface area contributed by atoms with Gasteiger partial charge >= 0.3 is 5.97 Å². The van der Waals surface area contributed by atoms with Gasteiger partial charge in [-0.05, 0) is 37.0 Å². The molecule has 76 valence electrons. The summed E-state index contributed by atoms with van der Waals surface area (Å²) in [6.07, 6.45) is 4.24. The zero-order chi connectivity index (χ0) is 10.1. The minimum absolute atomic E-state index is 0.0395. The fourth-order valence-electron chi connectivity index (χ4n) is 1.86. The average Bonchev–Trinajstić information content (AvgIpc) is 1.79. The van der Waals surface area contributed by atoms with Crippen molar-refractivity contribution in [1.82, 2.24) is 0 Å². The minimum atomic E-state index is -0.592. The maximum Gasteiger partial charge on any atom is 0.306 e. The monoisotopic (exact) mass is 184 g/mol. The van der Waals surface area contributed by atoms with E-state index >= 15 is 0 Å². The van der Waals surface area contributed by atoms with Crippen LogP contribution in [-0.2, 0) is 4.79 Å². The summed E-state index contributed by atoms with van der Waals surface area (Å²) in [4.78, 5) is 10.7. The fraction of sp³-hybridized carbons (Fsp3) is 0.909. The number of hydrogen-bond acceptors (Lipinski definition) is 1. The number of carboxylic acid groups (broad SMARTS) is 1. The molecular formula is C11H20O2. The Morgan fingerprint density at radius 1 is 1.38 bits per heavy atom. The molecule has 2 atom stereocenters. The fourth-order valence-corrected chi connectivity index (χ4v) is 1.86. The van der Waals surface area contributed by atoms with Gasteiger partial charge < -0.3 is 5.11 Å². The van der Waals surface area contributed by atoms with Crippen LogP contribution in [0.15, 0.2) is 0 Å². The van der Waals surface area contributed by atoms with Gasteiger partial charge in [0.2, 0.25) is 0 Å². The summed E-state index contributed by atoms with van der Waals surface area (Å²) in [6, 6.07) is 0. The molecule has 0 aromatic heterocycles. The largest absolute Gasteiger partial charge is 0.481 e. The lowest BCUT2D eigenvalue weighted by Crippen LogP contribution is -2.33. The van der Waals surface area contributed by atoms with Gasteiger partial charge in [0, 0.05) is 0 Å². The first-order valence-corrected chi connectivity index (χ1v) is 5.13. The van der Waals surface area contributed by atoms with Gasteiger partial charge in [-0.3, -0.25) is 4.79 Å². The van der Waals surface area contributed by atoms with Crippen LogP contribution in [-0.4, -0.2) is 11.1 Å². The molecule has 2 heteroatoms. The van der Waals surface area contributed by atoms with Gasteiger partial charge in [0.1, 0.15) is 0 Å². The Balaban J connectivity index is 2.27. The van der Waals surface area contributed by atoms with Crippen LogP contribution in [0.5, 0.6) is 0 Å². The second-order valence-corrected chi connectivity index (χ2v) is 5.38. The molecule has 0 amide bonds. The molecule has 0 heterocycles. The molecule has 0 aromatic rings. The zero-order valence-electron chi connectivity index (χ0n) is 8.84. The van der Waals surface area contributed by atoms with Gasteiger partial charge in [0.15, 0.2) is 0 Å². The number of hydrogen-bond donors (Lipinski definition) is 1. The van der Waals surface area contributed by atoms with Gasteiger partial charge in [-0.2, -0.15) is 0 Å². The van der Waals surface area contributed by atoms with Crippen LogP contribution < -0.4 is 0 Å². The molecule has 1 N–H and O–H groups in total. The van der Waals surface area contributed by atoms with Crippen molar-refractivity contribution in [2.24, 2.45) is 17.3 Å². The number of carboxylic acids is 1. The molecule has 0 bridgehead atoms. The average molecular weight is 184 g/mol. The molecule has 13 heavy (non-hydrogen) atoms. The molecule has 1 aliphatic carbocycles. The molecule has 0 radical (unpaired) electrons. The van der Waals surface area contributed by atoms with Crippen LogP contribution in [0.2, 0.25) is 0 Å². The van der Waals surface area contributed by atoms with Crippen LogP contribution in [0.25, 0.3) is 0 Å². The molecule has 0 aliphatic heterocycles. The van der Waals surface area contributed by atoms with Gasteiger partial charge in [0.05, 0.1) is 5.92 Å². The van der Waals surface area contributed by atoms with Crippen molar-refractivity contribution in [3.05, 3.63) is 0 Å². The van der Waals surface area contributed by atoms with E-state index in [1.165, 1.54) is 0 Å². The van der Waals surface area contributed by atoms with E-state index in [-0.39, 0.29) is 5.92 Å². The van der Waals surface area contributed by atoms with Gasteiger partial charge in [0.25, 0.3) is 0 Å². The van der Waals surface area contributed by atoms with Crippen LogP contribution in [0.1, 0.15) is 46.5 Å². The summed E-state index contributed by atoms with van der Waals surface area (Å²) >= 11 is 0. The third-order valence-electron chi connectivity index (χ3n) is 3.00. The molecule has 0 saturated heterocycles. The maximum atomic E-state index is 10.7. The van der Waals surface area contributed by atoms with Crippen molar-refractivity contribution in [2.75, 3.05) is 0 Å². The smallest absolute Gasteiger partial charge is 0.306 e. The molecule has 0 aromatic carbocycles. The van der Waals surface area contributed by atoms with Crippen molar-refractivity contribution in [3.8, 4) is 0 Å². The van der Waals surface area contributed by atoms with Crippen LogP contribution in [0.3, 0.4) is 0 Å². The Kier molecular flexibility index (Phi) is 2.99. The summed E-state index contributed by atoms with van der Waals surface area (Å²) in [5.74, 6) is -0.177. The van der Waals surface area contributed by atoms with Gasteiger partial charge in [-0.15, -0.1) is 0 Å². The van der Waals surface area contributed by atoms with E-state index in [0.29, 0.717) is 11.3 Å². The lowest BCUT2D eigenvalue weighted by molar-refractivity contribution is -0.148. The molecule has 1 rings (SSSR count). The highest BCUT2D eigenvalue weighted by atomic mass is 16.4. The van der Waals surface area contributed by atoms with Crippen molar-refractivity contribution in [2.45, 2.75) is 46.5 Å². The second kappa shape index (κ2) is 3.69. The summed E-state index contributed by atoms with van der Waals surface area (Å²) in [5.41, 5.74) is 0.346. The lowest BCUT2D eigenvalue weighted by atomic mass is 9.69. The maximum absolute atomic E-state index is 10.7. The Morgan fingerprint density at radius 2 is 2.00 bits per heavy atom. The Hall–Kier alpha value is -0.530. The summed E-state index contributed by atoms with van der Waals surface area (Å²) in [5, 5.41) is 8.83. The quantitative estimate of drug-likeness (QED) is 0.732. The summed E-state index contributed by atoms with van der Waals surface area (Å²) in [6.45, 7) is 6.63. The van der Waals surface area contributed by atoms with E-state index in [1.54, 1.807) is 0 Å². The normalized spacial score (nSPS) is 28.2. The predicted octanol–water partition coefficient (Wildman–Crippen LogP) is 2.92. The molecular weight excluding hydrogens is 164 g/mol. The highest BCUT2D eigenvalue weighted by Crippen LogP contribution is 2.39. The molecule has 1 aliphatic rings. The minimum Gasteiger partial charge on any atom is -0.481 e. The molecule has 0 spiro atoms. The van der Waals surface area contributed by atoms with E-state index in [4.69, 9.17) is 5.11 Å². The molecule has 1 fully saturated rings. The first kappa shape index (κ1) is 10.6. The van der Waals surface area contributed by atoms with Crippen LogP contribution in [0.4, 0.5) is 0 Å². The standard InChI is InChI=1S/C11H20O2/c1-11(2,3)7-6-8-4-5-9(8)10(12)13/h8-9H,4-7H2,1-3H3,(H,12,13). The first-order chi connectivity index (χ1) is 5.90. The third-order valence-corrected chi connectivity index (χ3v) is 3.00. The summed E-state index contributed by atoms with van der Waals surface area (Å²) < 4.78 is 0. The number of rotatable bonds is 3. The molecule has 2 nitrogen and oxygen atoms in total. The number of carbonyl (C=O) groups is 1. The van der Waals surface area contributed by atoms with E-state index in [9.17, 15) is 4.79 Å². The molecule has 1 saturated carbocycles. The van der Waals surface area contributed by atoms with E-state index in [2.05, 4.69) is 20.8 Å². The number of aliphatic carboxylic acids is 1. The van der Waals surface area contributed by atoms with Crippen molar-refractivity contribution in [1.29, 1.82) is 0 Å². The summed E-state index contributed by atoms with van der Waals surface area (Å²) in [7, 11) is 0. The van der Waals surface area contributed by atoms with E-state index in [1.807, 2.05) is 0 Å². The third kappa shape index (κ3) is 3.02. The van der Waals surface area contributed by atoms with Gasteiger partial charge in [-0.25, -0.2) is 0 Å². The molecule has 2 unspecified atom stereocenters. The first-order valence-electron chi connectivity index (χ1n) is 5.13. The Morgan fingerprint density at radius 3 is 2.31 bits per heavy atom. The van der Waals surface area contributed by atoms with Crippen LogP contribution in [0, 0.1) is 17.3 Å². The predicted molar refractivity (Wildman–Crippen MR) is 52.5 cm³/mol. The Labute approximate surface area is 80.3 Å². The van der Waals surface area contributed by atoms with Crippen LogP contribution >= 0.6 is 0 Å². The lowest BCUT2D eigenvalue weighted by Gasteiger charge is -2.35.